The summed E-state index contributed by atoms with van der Waals surface area (Å²) in [7, 11) is 0. The Balaban J connectivity index is 1.40. The van der Waals surface area contributed by atoms with Gasteiger partial charge >= 0.3 is 18.1 Å². The highest BCUT2D eigenvalue weighted by Crippen LogP contribution is 2.25. The number of alkyl halides is 3. The van der Waals surface area contributed by atoms with Crippen molar-refractivity contribution in [2.75, 3.05) is 19.7 Å². The molecule has 3 rings (SSSR count). The zero-order chi connectivity index (χ0) is 22.4. The second-order valence-corrected chi connectivity index (χ2v) is 7.82. The Kier molecular flexibility index (Phi) is 7.29. The fraction of sp³-hybridized carbons (Fsp3) is 0.350. The van der Waals surface area contributed by atoms with Crippen LogP contribution in [0.4, 0.5) is 13.2 Å². The monoisotopic (exact) mass is 456 g/mol. The summed E-state index contributed by atoms with van der Waals surface area (Å²) in [5.41, 5.74) is 2.06. The van der Waals surface area contributed by atoms with E-state index < -0.39 is 24.7 Å². The maximum atomic E-state index is 12.3. The number of ether oxygens (including phenoxy) is 2. The van der Waals surface area contributed by atoms with Gasteiger partial charge in [0.25, 0.3) is 5.91 Å². The van der Waals surface area contributed by atoms with Gasteiger partial charge < -0.3 is 20.1 Å². The van der Waals surface area contributed by atoms with Crippen molar-refractivity contribution in [2.24, 2.45) is 0 Å². The standard InChI is InChI=1S/C20H19F3N2O5S/c21-20(22,23)19(28)30-17(26)11-29-14-3-1-12(2-4-14)5-8-25-18(27)16-9-13-10-24-7-6-15(13)31-16/h1-4,9,24H,5-8,10-11H2,(H,25,27). The second-order valence-electron chi connectivity index (χ2n) is 6.68. The molecule has 0 unspecified atom stereocenters. The lowest BCUT2D eigenvalue weighted by molar-refractivity contribution is -0.202. The zero-order valence-corrected chi connectivity index (χ0v) is 17.0. The van der Waals surface area contributed by atoms with Crippen molar-refractivity contribution in [2.45, 2.75) is 25.6 Å². The highest BCUT2D eigenvalue weighted by Gasteiger charge is 2.42. The molecule has 2 heterocycles. The summed E-state index contributed by atoms with van der Waals surface area (Å²) in [6, 6.07) is 8.36. The van der Waals surface area contributed by atoms with Crippen molar-refractivity contribution in [3.63, 3.8) is 0 Å². The molecule has 0 aliphatic carbocycles. The predicted molar refractivity (Wildman–Crippen MR) is 105 cm³/mol. The molecule has 1 aliphatic heterocycles. The maximum absolute atomic E-state index is 12.3. The summed E-state index contributed by atoms with van der Waals surface area (Å²) in [6.45, 7) is 1.29. The van der Waals surface area contributed by atoms with Gasteiger partial charge in [0.05, 0.1) is 4.88 Å². The number of thiophene rings is 1. The summed E-state index contributed by atoms with van der Waals surface area (Å²) < 4.78 is 44.7. The van der Waals surface area contributed by atoms with Crippen molar-refractivity contribution in [1.82, 2.24) is 10.6 Å². The SMILES string of the molecule is O=C(COc1ccc(CCNC(=O)c2cc3c(s2)CCNC3)cc1)OC(=O)C(F)(F)F. The first kappa shape index (κ1) is 22.8. The first-order valence-corrected chi connectivity index (χ1v) is 10.2. The van der Waals surface area contributed by atoms with Crippen LogP contribution in [-0.2, 0) is 33.7 Å². The molecule has 2 aromatic rings. The number of fused-ring (bicyclic) bond motifs is 1. The molecule has 0 spiro atoms. The van der Waals surface area contributed by atoms with E-state index in [1.165, 1.54) is 33.9 Å². The van der Waals surface area contributed by atoms with E-state index in [2.05, 4.69) is 15.4 Å². The van der Waals surface area contributed by atoms with Gasteiger partial charge in [-0.05, 0) is 42.2 Å². The minimum Gasteiger partial charge on any atom is -0.482 e. The van der Waals surface area contributed by atoms with Crippen LogP contribution >= 0.6 is 11.3 Å². The molecule has 7 nitrogen and oxygen atoms in total. The van der Waals surface area contributed by atoms with Crippen LogP contribution in [0.25, 0.3) is 0 Å². The van der Waals surface area contributed by atoms with Gasteiger partial charge in [0.2, 0.25) is 0 Å². The fourth-order valence-corrected chi connectivity index (χ4v) is 3.96. The van der Waals surface area contributed by atoms with Crippen molar-refractivity contribution < 1.29 is 37.0 Å². The molecule has 1 aliphatic rings. The Bertz CT molecular complexity index is 933. The van der Waals surface area contributed by atoms with Gasteiger partial charge in [-0.1, -0.05) is 12.1 Å². The number of amides is 1. The minimum absolute atomic E-state index is 0.119. The van der Waals surface area contributed by atoms with Gasteiger partial charge in [0.15, 0.2) is 6.61 Å². The molecule has 166 valence electrons. The normalized spacial score (nSPS) is 13.3. The van der Waals surface area contributed by atoms with E-state index in [-0.39, 0.29) is 11.7 Å². The van der Waals surface area contributed by atoms with E-state index >= 15 is 0 Å². The Morgan fingerprint density at radius 1 is 1.16 bits per heavy atom. The number of carbonyl (C=O) groups excluding carboxylic acids is 3. The first-order chi connectivity index (χ1) is 14.7. The number of rotatable bonds is 7. The van der Waals surface area contributed by atoms with Crippen LogP contribution in [0.1, 0.15) is 25.7 Å². The summed E-state index contributed by atoms with van der Waals surface area (Å²) in [5.74, 6) is -3.92. The molecule has 11 heteroatoms. The number of halogens is 3. The lowest BCUT2D eigenvalue weighted by atomic mass is 10.1. The van der Waals surface area contributed by atoms with E-state index in [4.69, 9.17) is 4.74 Å². The topological polar surface area (TPSA) is 93.7 Å². The number of esters is 2. The Morgan fingerprint density at radius 2 is 1.90 bits per heavy atom. The van der Waals surface area contributed by atoms with E-state index in [1.54, 1.807) is 12.1 Å². The third-order valence-corrected chi connectivity index (χ3v) is 5.62. The Morgan fingerprint density at radius 3 is 2.58 bits per heavy atom. The highest BCUT2D eigenvalue weighted by atomic mass is 32.1. The van der Waals surface area contributed by atoms with Crippen LogP contribution in [0.3, 0.4) is 0 Å². The molecule has 1 aromatic heterocycles. The van der Waals surface area contributed by atoms with Gasteiger partial charge in [-0.25, -0.2) is 9.59 Å². The lowest BCUT2D eigenvalue weighted by Crippen LogP contribution is -2.30. The smallest absolute Gasteiger partial charge is 0.482 e. The minimum atomic E-state index is -5.24. The average molecular weight is 456 g/mol. The van der Waals surface area contributed by atoms with Gasteiger partial charge in [-0.15, -0.1) is 11.3 Å². The van der Waals surface area contributed by atoms with Crippen LogP contribution in [0.15, 0.2) is 30.3 Å². The molecule has 0 saturated heterocycles. The van der Waals surface area contributed by atoms with E-state index in [1.807, 2.05) is 6.07 Å². The molecular weight excluding hydrogens is 437 g/mol. The molecule has 0 atom stereocenters. The summed E-state index contributed by atoms with van der Waals surface area (Å²) in [4.78, 5) is 36.0. The molecule has 1 amide bonds. The molecule has 2 N–H and O–H groups in total. The molecule has 31 heavy (non-hydrogen) atoms. The number of hydrogen-bond donors (Lipinski definition) is 2. The Labute approximate surface area is 179 Å². The molecule has 0 saturated carbocycles. The molecule has 1 aromatic carbocycles. The lowest BCUT2D eigenvalue weighted by Gasteiger charge is -2.10. The molecular formula is C20H19F3N2O5S. The number of benzene rings is 1. The van der Waals surface area contributed by atoms with Crippen molar-refractivity contribution in [1.29, 1.82) is 0 Å². The van der Waals surface area contributed by atoms with Crippen LogP contribution in [0.2, 0.25) is 0 Å². The first-order valence-electron chi connectivity index (χ1n) is 9.36. The van der Waals surface area contributed by atoms with E-state index in [9.17, 15) is 27.6 Å². The van der Waals surface area contributed by atoms with E-state index in [0.29, 0.717) is 17.8 Å². The van der Waals surface area contributed by atoms with E-state index in [0.717, 1.165) is 25.1 Å². The fourth-order valence-electron chi connectivity index (χ4n) is 2.86. The highest BCUT2D eigenvalue weighted by molar-refractivity contribution is 7.14. The largest absolute Gasteiger partial charge is 0.491 e. The molecule has 0 bridgehead atoms. The quantitative estimate of drug-likeness (QED) is 0.491. The molecule has 0 fully saturated rings. The Hall–Kier alpha value is -2.92. The van der Waals surface area contributed by atoms with Crippen molar-refractivity contribution in [3.8, 4) is 5.75 Å². The third-order valence-electron chi connectivity index (χ3n) is 4.38. The average Bonchev–Trinajstić information content (AvgIpc) is 3.17. The van der Waals surface area contributed by atoms with Crippen LogP contribution < -0.4 is 15.4 Å². The van der Waals surface area contributed by atoms with Crippen LogP contribution in [-0.4, -0.2) is 43.7 Å². The van der Waals surface area contributed by atoms with Gasteiger partial charge in [0, 0.05) is 24.5 Å². The van der Waals surface area contributed by atoms with Crippen molar-refractivity contribution >= 4 is 29.2 Å². The third kappa shape index (κ3) is 6.53. The van der Waals surface area contributed by atoms with Gasteiger partial charge in [0.1, 0.15) is 5.75 Å². The number of nitrogens with one attached hydrogen (secondary N) is 2. The zero-order valence-electron chi connectivity index (χ0n) is 16.2. The maximum Gasteiger partial charge on any atom is 0.491 e. The van der Waals surface area contributed by atoms with Crippen LogP contribution in [0, 0.1) is 0 Å². The second kappa shape index (κ2) is 9.92. The summed E-state index contributed by atoms with van der Waals surface area (Å²) >= 11 is 1.51. The van der Waals surface area contributed by atoms with Crippen LogP contribution in [0.5, 0.6) is 5.75 Å². The van der Waals surface area contributed by atoms with Crippen molar-refractivity contribution in [3.05, 3.63) is 51.2 Å². The van der Waals surface area contributed by atoms with Gasteiger partial charge in [-0.3, -0.25) is 4.79 Å². The summed E-state index contributed by atoms with van der Waals surface area (Å²) in [6.07, 6.45) is -3.76. The molecule has 0 radical (unpaired) electrons. The predicted octanol–water partition coefficient (Wildman–Crippen LogP) is 2.38. The van der Waals surface area contributed by atoms with Gasteiger partial charge in [-0.2, -0.15) is 13.2 Å². The summed E-state index contributed by atoms with van der Waals surface area (Å²) in [5, 5.41) is 6.15. The number of hydrogen-bond acceptors (Lipinski definition) is 7. The number of carbonyl (C=O) groups is 3.